The molecule has 2 aromatic rings. The number of thiocarbonyl (C=S) groups is 1. The Balaban J connectivity index is 2.08. The number of nitrogens with two attached hydrogens (primary N) is 1. The van der Waals surface area contributed by atoms with Gasteiger partial charge in [-0.2, -0.15) is 0 Å². The first-order valence-electron chi connectivity index (χ1n) is 5.73. The maximum atomic E-state index is 12.2. The van der Waals surface area contributed by atoms with E-state index in [9.17, 15) is 4.79 Å². The van der Waals surface area contributed by atoms with Crippen LogP contribution >= 0.6 is 35.2 Å². The van der Waals surface area contributed by atoms with Gasteiger partial charge in [0, 0.05) is 23.7 Å². The van der Waals surface area contributed by atoms with Crippen molar-refractivity contribution in [2.45, 2.75) is 6.54 Å². The Morgan fingerprint density at radius 1 is 1.45 bits per heavy atom. The average Bonchev–Trinajstić information content (AvgIpc) is 2.83. The van der Waals surface area contributed by atoms with Crippen molar-refractivity contribution < 1.29 is 4.79 Å². The number of thiophene rings is 1. The van der Waals surface area contributed by atoms with Crippen molar-refractivity contribution in [2.75, 3.05) is 7.05 Å². The summed E-state index contributed by atoms with van der Waals surface area (Å²) in [5.74, 6) is -0.163. The molecule has 0 unspecified atom stereocenters. The number of hydrogen-bond donors (Lipinski definition) is 1. The number of amides is 1. The van der Waals surface area contributed by atoms with Crippen molar-refractivity contribution in [2.24, 2.45) is 5.73 Å². The van der Waals surface area contributed by atoms with Gasteiger partial charge in [-0.15, -0.1) is 11.3 Å². The molecular formula is C13H12ClN3OS2. The molecule has 20 heavy (non-hydrogen) atoms. The van der Waals surface area contributed by atoms with Gasteiger partial charge < -0.3 is 10.6 Å². The fourth-order valence-corrected chi connectivity index (χ4v) is 2.87. The molecule has 0 aliphatic carbocycles. The molecule has 0 fully saturated rings. The first kappa shape index (κ1) is 14.9. The third-order valence-corrected chi connectivity index (χ3v) is 4.09. The van der Waals surface area contributed by atoms with Gasteiger partial charge in [-0.25, -0.2) is 0 Å². The van der Waals surface area contributed by atoms with Gasteiger partial charge in [-0.05, 0) is 24.3 Å². The van der Waals surface area contributed by atoms with Crippen LogP contribution < -0.4 is 5.73 Å². The minimum atomic E-state index is -0.163. The number of hydrogen-bond acceptors (Lipinski definition) is 4. The predicted octanol–water partition coefficient (Wildman–Crippen LogP) is 2.70. The first-order valence-corrected chi connectivity index (χ1v) is 7.33. The topological polar surface area (TPSA) is 59.2 Å². The largest absolute Gasteiger partial charge is 0.389 e. The van der Waals surface area contributed by atoms with E-state index < -0.39 is 0 Å². The Morgan fingerprint density at radius 3 is 2.70 bits per heavy atom. The lowest BCUT2D eigenvalue weighted by Gasteiger charge is -2.15. The predicted molar refractivity (Wildman–Crippen MR) is 85.3 cm³/mol. The number of carbonyl (C=O) groups excluding carboxylic acids is 1. The molecular weight excluding hydrogens is 314 g/mol. The molecule has 2 N–H and O–H groups in total. The lowest BCUT2D eigenvalue weighted by molar-refractivity contribution is 0.0780. The molecule has 4 nitrogen and oxygen atoms in total. The van der Waals surface area contributed by atoms with Gasteiger partial charge in [-0.3, -0.25) is 9.78 Å². The molecule has 2 aromatic heterocycles. The second kappa shape index (κ2) is 6.30. The minimum absolute atomic E-state index is 0.163. The van der Waals surface area contributed by atoms with Crippen molar-refractivity contribution in [3.8, 4) is 0 Å². The summed E-state index contributed by atoms with van der Waals surface area (Å²) in [4.78, 5) is 19.2. The standard InChI is InChI=1S/C13H12ClN3OS2/c1-17(7-9-3-5-11(14)20-9)13(18)10-4-2-8(6-16-10)12(15)19/h2-6H,7H2,1H3,(H2,15,19). The van der Waals surface area contributed by atoms with Crippen LogP contribution in [0.3, 0.4) is 0 Å². The van der Waals surface area contributed by atoms with Gasteiger partial charge in [-0.1, -0.05) is 23.8 Å². The molecule has 0 saturated heterocycles. The third kappa shape index (κ3) is 3.53. The summed E-state index contributed by atoms with van der Waals surface area (Å²) in [5.41, 5.74) is 6.49. The molecule has 0 atom stereocenters. The van der Waals surface area contributed by atoms with Crippen LogP contribution in [0.1, 0.15) is 20.9 Å². The maximum Gasteiger partial charge on any atom is 0.272 e. The molecule has 0 aliphatic heterocycles. The summed E-state index contributed by atoms with van der Waals surface area (Å²) in [7, 11) is 1.72. The summed E-state index contributed by atoms with van der Waals surface area (Å²) < 4.78 is 0.708. The minimum Gasteiger partial charge on any atom is -0.389 e. The third-order valence-electron chi connectivity index (χ3n) is 2.64. The van der Waals surface area contributed by atoms with Gasteiger partial charge in [0.2, 0.25) is 0 Å². The van der Waals surface area contributed by atoms with E-state index in [-0.39, 0.29) is 10.9 Å². The zero-order chi connectivity index (χ0) is 14.7. The highest BCUT2D eigenvalue weighted by atomic mass is 35.5. The van der Waals surface area contributed by atoms with Gasteiger partial charge >= 0.3 is 0 Å². The molecule has 0 aliphatic rings. The van der Waals surface area contributed by atoms with Crippen LogP contribution in [0, 0.1) is 0 Å². The molecule has 1 amide bonds. The van der Waals surface area contributed by atoms with Crippen LogP contribution in [0.2, 0.25) is 4.34 Å². The molecule has 0 radical (unpaired) electrons. The van der Waals surface area contributed by atoms with Crippen LogP contribution in [0.25, 0.3) is 0 Å². The van der Waals surface area contributed by atoms with Crippen molar-refractivity contribution in [3.63, 3.8) is 0 Å². The normalized spacial score (nSPS) is 10.3. The Labute approximate surface area is 131 Å². The number of halogens is 1. The van der Waals surface area contributed by atoms with Crippen LogP contribution in [0.5, 0.6) is 0 Å². The SMILES string of the molecule is CN(Cc1ccc(Cl)s1)C(=O)c1ccc(C(N)=S)cn1. The van der Waals surface area contributed by atoms with E-state index >= 15 is 0 Å². The van der Waals surface area contributed by atoms with Crippen molar-refractivity contribution in [3.05, 3.63) is 50.9 Å². The van der Waals surface area contributed by atoms with E-state index in [4.69, 9.17) is 29.6 Å². The fraction of sp³-hybridized carbons (Fsp3) is 0.154. The highest BCUT2D eigenvalue weighted by Crippen LogP contribution is 2.22. The smallest absolute Gasteiger partial charge is 0.272 e. The first-order chi connectivity index (χ1) is 9.47. The molecule has 0 saturated carbocycles. The lowest BCUT2D eigenvalue weighted by Crippen LogP contribution is -2.26. The van der Waals surface area contributed by atoms with Gasteiger partial charge in [0.15, 0.2) is 0 Å². The Morgan fingerprint density at radius 2 is 2.20 bits per heavy atom. The molecule has 2 rings (SSSR count). The van der Waals surface area contributed by atoms with Crippen molar-refractivity contribution in [1.82, 2.24) is 9.88 Å². The number of pyridine rings is 1. The second-order valence-electron chi connectivity index (χ2n) is 4.16. The van der Waals surface area contributed by atoms with E-state index in [1.807, 2.05) is 12.1 Å². The van der Waals surface area contributed by atoms with E-state index in [2.05, 4.69) is 4.98 Å². The Kier molecular flexibility index (Phi) is 4.69. The summed E-state index contributed by atoms with van der Waals surface area (Å²) in [6.07, 6.45) is 1.51. The van der Waals surface area contributed by atoms with Crippen LogP contribution in [-0.2, 0) is 6.54 Å². The van der Waals surface area contributed by atoms with Gasteiger partial charge in [0.05, 0.1) is 10.9 Å². The number of aromatic nitrogens is 1. The van der Waals surface area contributed by atoms with E-state index in [0.29, 0.717) is 22.1 Å². The fourth-order valence-electron chi connectivity index (χ4n) is 1.60. The van der Waals surface area contributed by atoms with Crippen molar-refractivity contribution in [1.29, 1.82) is 0 Å². The Bertz CT molecular complexity index is 639. The van der Waals surface area contributed by atoms with E-state index in [1.54, 1.807) is 24.1 Å². The molecule has 7 heteroatoms. The number of rotatable bonds is 4. The van der Waals surface area contributed by atoms with Crippen molar-refractivity contribution >= 4 is 46.1 Å². The molecule has 0 bridgehead atoms. The van der Waals surface area contributed by atoms with Gasteiger partial charge in [0.25, 0.3) is 5.91 Å². The van der Waals surface area contributed by atoms with Crippen LogP contribution in [-0.4, -0.2) is 27.8 Å². The Hall–Kier alpha value is -1.50. The quantitative estimate of drug-likeness (QED) is 0.878. The summed E-state index contributed by atoms with van der Waals surface area (Å²) in [6, 6.07) is 7.03. The lowest BCUT2D eigenvalue weighted by atomic mass is 10.2. The van der Waals surface area contributed by atoms with E-state index in [1.165, 1.54) is 17.5 Å². The summed E-state index contributed by atoms with van der Waals surface area (Å²) in [6.45, 7) is 0.495. The molecule has 104 valence electrons. The highest BCUT2D eigenvalue weighted by molar-refractivity contribution is 7.80. The highest BCUT2D eigenvalue weighted by Gasteiger charge is 2.14. The monoisotopic (exact) mass is 325 g/mol. The van der Waals surface area contributed by atoms with E-state index in [0.717, 1.165) is 4.88 Å². The van der Waals surface area contributed by atoms with Gasteiger partial charge in [0.1, 0.15) is 10.7 Å². The number of carbonyl (C=O) groups is 1. The van der Waals surface area contributed by atoms with Crippen LogP contribution in [0.4, 0.5) is 0 Å². The molecule has 0 aromatic carbocycles. The average molecular weight is 326 g/mol. The molecule has 0 spiro atoms. The van der Waals surface area contributed by atoms with Crippen LogP contribution in [0.15, 0.2) is 30.5 Å². The summed E-state index contributed by atoms with van der Waals surface area (Å²) in [5, 5.41) is 0. The molecule has 2 heterocycles. The second-order valence-corrected chi connectivity index (χ2v) is 6.40. The summed E-state index contributed by atoms with van der Waals surface area (Å²) >= 11 is 12.2. The zero-order valence-corrected chi connectivity index (χ0v) is 13.1. The number of nitrogens with zero attached hydrogens (tertiary/aromatic N) is 2. The zero-order valence-electron chi connectivity index (χ0n) is 10.7. The maximum absolute atomic E-state index is 12.2.